The Morgan fingerprint density at radius 2 is 1.94 bits per heavy atom. The van der Waals surface area contributed by atoms with Gasteiger partial charge in [0.1, 0.15) is 0 Å². The van der Waals surface area contributed by atoms with Gasteiger partial charge in [0.2, 0.25) is 10.0 Å². The summed E-state index contributed by atoms with van der Waals surface area (Å²) in [5.41, 5.74) is 0. The molecule has 1 atom stereocenters. The first-order valence-corrected chi connectivity index (χ1v) is 9.73. The van der Waals surface area contributed by atoms with E-state index in [9.17, 15) is 16.8 Å². The van der Waals surface area contributed by atoms with Crippen LogP contribution in [0.1, 0.15) is 26.2 Å². The Morgan fingerprint density at radius 3 is 2.50 bits per heavy atom. The molecular weight excluding hydrogens is 276 g/mol. The van der Waals surface area contributed by atoms with Crippen LogP contribution in [0, 0.1) is 0 Å². The molecule has 1 rings (SSSR count). The van der Waals surface area contributed by atoms with Crippen LogP contribution in [0.4, 0.5) is 0 Å². The molecule has 1 saturated heterocycles. The fourth-order valence-corrected chi connectivity index (χ4v) is 4.06. The van der Waals surface area contributed by atoms with E-state index in [1.165, 1.54) is 0 Å². The maximum absolute atomic E-state index is 11.7. The van der Waals surface area contributed by atoms with E-state index in [0.717, 1.165) is 25.8 Å². The number of hydrogen-bond acceptors (Lipinski definition) is 5. The lowest BCUT2D eigenvalue weighted by Crippen LogP contribution is -2.43. The SMILES string of the molecule is CCS(=O)(=O)CCNS(=O)(=O)CC1CCCCN1. The molecule has 0 aromatic carbocycles. The Hall–Kier alpha value is -0.180. The van der Waals surface area contributed by atoms with Gasteiger partial charge in [0.05, 0.1) is 11.5 Å². The van der Waals surface area contributed by atoms with Gasteiger partial charge in [-0.05, 0) is 19.4 Å². The first-order valence-electron chi connectivity index (χ1n) is 6.26. The molecule has 6 nitrogen and oxygen atoms in total. The van der Waals surface area contributed by atoms with Crippen LogP contribution < -0.4 is 10.0 Å². The third-order valence-electron chi connectivity index (χ3n) is 3.01. The van der Waals surface area contributed by atoms with Crippen LogP contribution in [0.5, 0.6) is 0 Å². The molecular formula is C10H22N2O4S2. The van der Waals surface area contributed by atoms with Crippen LogP contribution >= 0.6 is 0 Å². The van der Waals surface area contributed by atoms with Gasteiger partial charge < -0.3 is 5.32 Å². The average molecular weight is 298 g/mol. The maximum atomic E-state index is 11.7. The van der Waals surface area contributed by atoms with Crippen LogP contribution in [-0.2, 0) is 19.9 Å². The van der Waals surface area contributed by atoms with E-state index in [4.69, 9.17) is 0 Å². The van der Waals surface area contributed by atoms with Crippen LogP contribution in [0.25, 0.3) is 0 Å². The van der Waals surface area contributed by atoms with E-state index in [-0.39, 0.29) is 29.8 Å². The van der Waals surface area contributed by atoms with E-state index in [1.54, 1.807) is 6.92 Å². The highest BCUT2D eigenvalue weighted by Gasteiger charge is 2.21. The number of rotatable bonds is 7. The fraction of sp³-hybridized carbons (Fsp3) is 1.00. The Bertz CT molecular complexity index is 438. The summed E-state index contributed by atoms with van der Waals surface area (Å²) < 4.78 is 48.3. The van der Waals surface area contributed by atoms with Gasteiger partial charge in [-0.2, -0.15) is 0 Å². The molecule has 1 unspecified atom stereocenters. The van der Waals surface area contributed by atoms with E-state index in [0.29, 0.717) is 0 Å². The van der Waals surface area contributed by atoms with Crippen LogP contribution in [-0.4, -0.2) is 53.2 Å². The zero-order valence-electron chi connectivity index (χ0n) is 10.7. The third kappa shape index (κ3) is 6.12. The maximum Gasteiger partial charge on any atom is 0.213 e. The number of sulfonamides is 1. The normalized spacial score (nSPS) is 21.9. The molecule has 18 heavy (non-hydrogen) atoms. The smallest absolute Gasteiger partial charge is 0.213 e. The second-order valence-corrected chi connectivity index (χ2v) is 8.88. The van der Waals surface area contributed by atoms with Gasteiger partial charge in [-0.3, -0.25) is 0 Å². The van der Waals surface area contributed by atoms with Crippen molar-refractivity contribution in [2.45, 2.75) is 32.2 Å². The lowest BCUT2D eigenvalue weighted by Gasteiger charge is -2.23. The zero-order valence-corrected chi connectivity index (χ0v) is 12.3. The minimum absolute atomic E-state index is 0.0148. The molecule has 0 saturated carbocycles. The minimum Gasteiger partial charge on any atom is -0.313 e. The van der Waals surface area contributed by atoms with Crippen molar-refractivity contribution in [3.05, 3.63) is 0 Å². The molecule has 0 amide bonds. The lowest BCUT2D eigenvalue weighted by atomic mass is 10.1. The Labute approximate surface area is 110 Å². The molecule has 1 aliphatic rings. The van der Waals surface area contributed by atoms with Crippen LogP contribution in [0.3, 0.4) is 0 Å². The van der Waals surface area contributed by atoms with Crippen molar-refractivity contribution in [3.63, 3.8) is 0 Å². The number of hydrogen-bond donors (Lipinski definition) is 2. The zero-order chi connectivity index (χ0) is 13.6. The molecule has 0 aromatic heterocycles. The molecule has 1 heterocycles. The molecule has 8 heteroatoms. The summed E-state index contributed by atoms with van der Waals surface area (Å²) in [6.07, 6.45) is 2.98. The molecule has 108 valence electrons. The number of nitrogens with one attached hydrogen (secondary N) is 2. The molecule has 2 N–H and O–H groups in total. The second kappa shape index (κ2) is 6.83. The molecule has 0 spiro atoms. The van der Waals surface area contributed by atoms with Gasteiger partial charge >= 0.3 is 0 Å². The van der Waals surface area contributed by atoms with E-state index < -0.39 is 19.9 Å². The van der Waals surface area contributed by atoms with Gasteiger partial charge in [-0.25, -0.2) is 21.6 Å². The van der Waals surface area contributed by atoms with Crippen molar-refractivity contribution < 1.29 is 16.8 Å². The summed E-state index contributed by atoms with van der Waals surface area (Å²) in [6, 6.07) is -0.0148. The number of sulfone groups is 1. The summed E-state index contributed by atoms with van der Waals surface area (Å²) in [7, 11) is -6.51. The molecule has 1 aliphatic heterocycles. The monoisotopic (exact) mass is 298 g/mol. The van der Waals surface area contributed by atoms with Crippen molar-refractivity contribution in [2.24, 2.45) is 0 Å². The molecule has 0 bridgehead atoms. The van der Waals surface area contributed by atoms with E-state index >= 15 is 0 Å². The van der Waals surface area contributed by atoms with E-state index in [1.807, 2.05) is 0 Å². The molecule has 1 fully saturated rings. The van der Waals surface area contributed by atoms with Crippen molar-refractivity contribution in [2.75, 3.05) is 30.3 Å². The first-order chi connectivity index (χ1) is 8.35. The molecule has 0 aliphatic carbocycles. The quantitative estimate of drug-likeness (QED) is 0.660. The lowest BCUT2D eigenvalue weighted by molar-refractivity contribution is 0.422. The number of piperidine rings is 1. The summed E-state index contributed by atoms with van der Waals surface area (Å²) in [4.78, 5) is 0. The van der Waals surface area contributed by atoms with Crippen LogP contribution in [0.15, 0.2) is 0 Å². The van der Waals surface area contributed by atoms with Gasteiger partial charge in [0.15, 0.2) is 9.84 Å². The summed E-state index contributed by atoms with van der Waals surface area (Å²) >= 11 is 0. The third-order valence-corrected chi connectivity index (χ3v) is 6.20. The standard InChI is InChI=1S/C10H22N2O4S2/c1-2-17(13,14)8-7-12-18(15,16)9-10-5-3-4-6-11-10/h10-12H,2-9H2,1H3. The predicted octanol–water partition coefficient (Wildman–Crippen LogP) is -0.517. The van der Waals surface area contributed by atoms with Gasteiger partial charge in [0, 0.05) is 18.3 Å². The van der Waals surface area contributed by atoms with E-state index in [2.05, 4.69) is 10.0 Å². The fourth-order valence-electron chi connectivity index (χ4n) is 1.89. The van der Waals surface area contributed by atoms with Crippen molar-refractivity contribution >= 4 is 19.9 Å². The highest BCUT2D eigenvalue weighted by atomic mass is 32.2. The topological polar surface area (TPSA) is 92.3 Å². The largest absolute Gasteiger partial charge is 0.313 e. The van der Waals surface area contributed by atoms with Gasteiger partial charge in [-0.15, -0.1) is 0 Å². The van der Waals surface area contributed by atoms with Gasteiger partial charge in [0.25, 0.3) is 0 Å². The molecule has 0 aromatic rings. The van der Waals surface area contributed by atoms with Crippen LogP contribution in [0.2, 0.25) is 0 Å². The minimum atomic E-state index is -3.39. The summed E-state index contributed by atoms with van der Waals surface area (Å²) in [5, 5.41) is 3.16. The van der Waals surface area contributed by atoms with Crippen molar-refractivity contribution in [1.82, 2.24) is 10.0 Å². The van der Waals surface area contributed by atoms with Crippen molar-refractivity contribution in [3.8, 4) is 0 Å². The second-order valence-electron chi connectivity index (χ2n) is 4.56. The predicted molar refractivity (Wildman–Crippen MR) is 71.8 cm³/mol. The van der Waals surface area contributed by atoms with Crippen molar-refractivity contribution in [1.29, 1.82) is 0 Å². The molecule has 0 radical (unpaired) electrons. The Morgan fingerprint density at radius 1 is 1.22 bits per heavy atom. The van der Waals surface area contributed by atoms with Gasteiger partial charge in [-0.1, -0.05) is 13.3 Å². The first kappa shape index (κ1) is 15.9. The average Bonchev–Trinajstić information content (AvgIpc) is 2.29. The Balaban J connectivity index is 2.35. The Kier molecular flexibility index (Phi) is 6.03. The highest BCUT2D eigenvalue weighted by molar-refractivity contribution is 7.91. The highest BCUT2D eigenvalue weighted by Crippen LogP contribution is 2.08. The summed E-state index contributed by atoms with van der Waals surface area (Å²) in [6.45, 7) is 2.37. The summed E-state index contributed by atoms with van der Waals surface area (Å²) in [5.74, 6) is -0.0705.